The number of benzene rings is 2. The van der Waals surface area contributed by atoms with E-state index in [4.69, 9.17) is 16.3 Å². The highest BCUT2D eigenvalue weighted by Crippen LogP contribution is 2.16. The standard InChI is InChI=1S/C15H14ClN3O2/c1-21-14-8-6-13(7-9-14)17-10-18-19-15(20)11-2-4-12(16)5-3-11/h2-10H,1H3,(H,17,18)(H,19,20). The normalized spacial score (nSPS) is 10.4. The van der Waals surface area contributed by atoms with Crippen LogP contribution < -0.4 is 15.6 Å². The van der Waals surface area contributed by atoms with Gasteiger partial charge in [-0.25, -0.2) is 4.99 Å². The van der Waals surface area contributed by atoms with Crippen LogP contribution in [0, 0.1) is 0 Å². The van der Waals surface area contributed by atoms with Gasteiger partial charge in [-0.15, -0.1) is 0 Å². The Morgan fingerprint density at radius 3 is 2.43 bits per heavy atom. The molecule has 2 rings (SSSR count). The number of nitrogens with one attached hydrogen (secondary N) is 2. The van der Waals surface area contributed by atoms with Gasteiger partial charge in [0.05, 0.1) is 12.8 Å². The van der Waals surface area contributed by atoms with Crippen LogP contribution in [0.25, 0.3) is 0 Å². The number of rotatable bonds is 5. The fraction of sp³-hybridized carbons (Fsp3) is 0.0667. The molecule has 108 valence electrons. The lowest BCUT2D eigenvalue weighted by atomic mass is 10.2. The van der Waals surface area contributed by atoms with Crippen molar-refractivity contribution in [3.8, 4) is 5.75 Å². The topological polar surface area (TPSA) is 62.7 Å². The van der Waals surface area contributed by atoms with E-state index < -0.39 is 0 Å². The maximum atomic E-state index is 11.8. The summed E-state index contributed by atoms with van der Waals surface area (Å²) in [4.78, 5) is 15.9. The van der Waals surface area contributed by atoms with Gasteiger partial charge in [0.15, 0.2) is 0 Å². The lowest BCUT2D eigenvalue weighted by Crippen LogP contribution is -2.36. The van der Waals surface area contributed by atoms with Crippen LogP contribution in [0.3, 0.4) is 0 Å². The molecule has 5 nitrogen and oxygen atoms in total. The van der Waals surface area contributed by atoms with E-state index in [0.29, 0.717) is 10.6 Å². The molecule has 2 N–H and O–H groups in total. The number of halogens is 1. The van der Waals surface area contributed by atoms with Gasteiger partial charge < -0.3 is 4.74 Å². The van der Waals surface area contributed by atoms with Gasteiger partial charge in [-0.2, -0.15) is 0 Å². The minimum Gasteiger partial charge on any atom is -0.497 e. The zero-order chi connectivity index (χ0) is 15.1. The van der Waals surface area contributed by atoms with Crippen LogP contribution in [0.2, 0.25) is 5.02 Å². The SMILES string of the molecule is COc1ccc(N=CNNC(=O)c2ccc(Cl)cc2)cc1. The van der Waals surface area contributed by atoms with Crippen LogP contribution in [-0.2, 0) is 0 Å². The molecule has 0 spiro atoms. The molecule has 0 bridgehead atoms. The monoisotopic (exact) mass is 303 g/mol. The third kappa shape index (κ3) is 4.50. The minimum atomic E-state index is -0.271. The van der Waals surface area contributed by atoms with Crippen LogP contribution in [-0.4, -0.2) is 19.4 Å². The summed E-state index contributed by atoms with van der Waals surface area (Å²) in [7, 11) is 1.60. The number of hydrazine groups is 1. The highest BCUT2D eigenvalue weighted by molar-refractivity contribution is 6.30. The number of hydrogen-bond acceptors (Lipinski definition) is 3. The van der Waals surface area contributed by atoms with E-state index in [1.165, 1.54) is 6.34 Å². The van der Waals surface area contributed by atoms with E-state index in [2.05, 4.69) is 15.8 Å². The molecule has 0 fully saturated rings. The molecule has 0 aliphatic heterocycles. The first-order valence-electron chi connectivity index (χ1n) is 6.17. The van der Waals surface area contributed by atoms with Crippen molar-refractivity contribution in [2.24, 2.45) is 4.99 Å². The molecule has 6 heteroatoms. The number of nitrogens with zero attached hydrogens (tertiary/aromatic N) is 1. The number of carbonyl (C=O) groups excluding carboxylic acids is 1. The highest BCUT2D eigenvalue weighted by Gasteiger charge is 2.02. The molecule has 0 unspecified atom stereocenters. The number of amides is 1. The molecule has 0 aromatic heterocycles. The maximum absolute atomic E-state index is 11.8. The van der Waals surface area contributed by atoms with Crippen molar-refractivity contribution in [1.29, 1.82) is 0 Å². The summed E-state index contributed by atoms with van der Waals surface area (Å²) >= 11 is 5.76. The van der Waals surface area contributed by atoms with Crippen LogP contribution >= 0.6 is 11.6 Å². The molecule has 0 saturated heterocycles. The molecular formula is C15H14ClN3O2. The summed E-state index contributed by atoms with van der Waals surface area (Å²) in [6, 6.07) is 13.8. The predicted molar refractivity (Wildman–Crippen MR) is 83.2 cm³/mol. The number of hydrogen-bond donors (Lipinski definition) is 2. The van der Waals surface area contributed by atoms with Crippen LogP contribution in [0.15, 0.2) is 53.5 Å². The van der Waals surface area contributed by atoms with Crippen molar-refractivity contribution in [2.45, 2.75) is 0 Å². The van der Waals surface area contributed by atoms with Gasteiger partial charge in [-0.05, 0) is 48.5 Å². The van der Waals surface area contributed by atoms with Crippen molar-refractivity contribution < 1.29 is 9.53 Å². The first-order chi connectivity index (χ1) is 10.2. The average molecular weight is 304 g/mol. The third-order valence-electron chi connectivity index (χ3n) is 2.64. The number of methoxy groups -OCH3 is 1. The van der Waals surface area contributed by atoms with Crippen molar-refractivity contribution in [3.63, 3.8) is 0 Å². The second-order valence-corrected chi connectivity index (χ2v) is 4.50. The van der Waals surface area contributed by atoms with Gasteiger partial charge in [-0.1, -0.05) is 11.6 Å². The largest absolute Gasteiger partial charge is 0.497 e. The summed E-state index contributed by atoms with van der Waals surface area (Å²) in [6.45, 7) is 0. The first kappa shape index (κ1) is 14.9. The lowest BCUT2D eigenvalue weighted by Gasteiger charge is -2.04. The fourth-order valence-corrected chi connectivity index (χ4v) is 1.67. The Morgan fingerprint density at radius 1 is 1.14 bits per heavy atom. The summed E-state index contributed by atoms with van der Waals surface area (Å²) in [5.74, 6) is 0.491. The summed E-state index contributed by atoms with van der Waals surface area (Å²) < 4.78 is 5.05. The van der Waals surface area contributed by atoms with E-state index in [9.17, 15) is 4.79 Å². The molecule has 21 heavy (non-hydrogen) atoms. The fourth-order valence-electron chi connectivity index (χ4n) is 1.55. The van der Waals surface area contributed by atoms with Gasteiger partial charge in [0.2, 0.25) is 0 Å². The maximum Gasteiger partial charge on any atom is 0.269 e. The Kier molecular flexibility index (Phi) is 5.17. The smallest absolute Gasteiger partial charge is 0.269 e. The zero-order valence-electron chi connectivity index (χ0n) is 11.3. The van der Waals surface area contributed by atoms with Crippen molar-refractivity contribution in [1.82, 2.24) is 10.9 Å². The van der Waals surface area contributed by atoms with Gasteiger partial charge >= 0.3 is 0 Å². The van der Waals surface area contributed by atoms with E-state index in [0.717, 1.165) is 11.4 Å². The van der Waals surface area contributed by atoms with Gasteiger partial charge in [0.1, 0.15) is 12.1 Å². The van der Waals surface area contributed by atoms with E-state index in [-0.39, 0.29) is 5.91 Å². The first-order valence-corrected chi connectivity index (χ1v) is 6.55. The molecule has 2 aromatic carbocycles. The molecule has 0 aliphatic rings. The number of carbonyl (C=O) groups is 1. The highest BCUT2D eigenvalue weighted by atomic mass is 35.5. The van der Waals surface area contributed by atoms with Gasteiger partial charge in [0.25, 0.3) is 5.91 Å². The van der Waals surface area contributed by atoms with Crippen LogP contribution in [0.5, 0.6) is 5.75 Å². The van der Waals surface area contributed by atoms with E-state index in [1.54, 1.807) is 55.6 Å². The zero-order valence-corrected chi connectivity index (χ0v) is 12.1. The van der Waals surface area contributed by atoms with Gasteiger partial charge in [0, 0.05) is 10.6 Å². The van der Waals surface area contributed by atoms with Crippen molar-refractivity contribution >= 4 is 29.5 Å². The van der Waals surface area contributed by atoms with Crippen molar-refractivity contribution in [3.05, 3.63) is 59.1 Å². The van der Waals surface area contributed by atoms with Crippen LogP contribution in [0.4, 0.5) is 5.69 Å². The third-order valence-corrected chi connectivity index (χ3v) is 2.89. The average Bonchev–Trinajstić information content (AvgIpc) is 2.52. The molecule has 0 radical (unpaired) electrons. The molecule has 2 aromatic rings. The van der Waals surface area contributed by atoms with Crippen LogP contribution in [0.1, 0.15) is 10.4 Å². The quantitative estimate of drug-likeness (QED) is 0.507. The number of aliphatic imine (C=N–C) groups is 1. The molecule has 0 atom stereocenters. The Bertz CT molecular complexity index is 624. The Morgan fingerprint density at radius 2 is 1.81 bits per heavy atom. The molecule has 1 amide bonds. The summed E-state index contributed by atoms with van der Waals surface area (Å²) in [5, 5.41) is 0.584. The Balaban J connectivity index is 1.84. The Labute approximate surface area is 127 Å². The molecule has 0 heterocycles. The van der Waals surface area contributed by atoms with E-state index >= 15 is 0 Å². The lowest BCUT2D eigenvalue weighted by molar-refractivity contribution is 0.0944. The second kappa shape index (κ2) is 7.31. The minimum absolute atomic E-state index is 0.271. The predicted octanol–water partition coefficient (Wildman–Crippen LogP) is 2.94. The van der Waals surface area contributed by atoms with E-state index in [1.807, 2.05) is 0 Å². The molecule has 0 saturated carbocycles. The summed E-state index contributed by atoms with van der Waals surface area (Å²) in [5.41, 5.74) is 6.37. The van der Waals surface area contributed by atoms with Gasteiger partial charge in [-0.3, -0.25) is 15.6 Å². The van der Waals surface area contributed by atoms with Crippen molar-refractivity contribution in [2.75, 3.05) is 7.11 Å². The molecule has 0 aliphatic carbocycles. The second-order valence-electron chi connectivity index (χ2n) is 4.06. The summed E-state index contributed by atoms with van der Waals surface area (Å²) in [6.07, 6.45) is 1.40. The molecular weight excluding hydrogens is 290 g/mol. The Hall–Kier alpha value is -2.53. The number of ether oxygens (including phenoxy) is 1.